The summed E-state index contributed by atoms with van der Waals surface area (Å²) in [7, 11) is 0. The van der Waals surface area contributed by atoms with Gasteiger partial charge in [-0.15, -0.1) is 0 Å². The van der Waals surface area contributed by atoms with Crippen LogP contribution in [0.25, 0.3) is 0 Å². The molecule has 2 heteroatoms. The Morgan fingerprint density at radius 3 is 2.59 bits per heavy atom. The van der Waals surface area contributed by atoms with Crippen LogP contribution in [0.3, 0.4) is 0 Å². The van der Waals surface area contributed by atoms with E-state index in [1.807, 2.05) is 12.1 Å². The highest BCUT2D eigenvalue weighted by Crippen LogP contribution is 2.10. The molecule has 17 heavy (non-hydrogen) atoms. The highest BCUT2D eigenvalue weighted by Gasteiger charge is 2.05. The smallest absolute Gasteiger partial charge is 0.103 e. The van der Waals surface area contributed by atoms with Crippen molar-refractivity contribution in [2.45, 2.75) is 32.2 Å². The first kappa shape index (κ1) is 11.9. The summed E-state index contributed by atoms with van der Waals surface area (Å²) in [5.41, 5.74) is 8.72. The van der Waals surface area contributed by atoms with E-state index in [9.17, 15) is 0 Å². The number of nitrogens with two attached hydrogens (primary N) is 1. The van der Waals surface area contributed by atoms with E-state index in [1.165, 1.54) is 11.1 Å². The van der Waals surface area contributed by atoms with Crippen molar-refractivity contribution in [2.24, 2.45) is 5.73 Å². The van der Waals surface area contributed by atoms with E-state index in [0.29, 0.717) is 0 Å². The van der Waals surface area contributed by atoms with Crippen LogP contribution < -0.4 is 5.73 Å². The molecule has 1 unspecified atom stereocenters. The fourth-order valence-electron chi connectivity index (χ4n) is 1.91. The normalized spacial score (nSPS) is 12.6. The molecule has 0 radical (unpaired) electrons. The van der Waals surface area contributed by atoms with E-state index in [1.54, 1.807) is 6.26 Å². The number of rotatable bonds is 5. The molecule has 2 aromatic rings. The molecule has 1 aromatic carbocycles. The second-order valence-electron chi connectivity index (χ2n) is 4.57. The van der Waals surface area contributed by atoms with Gasteiger partial charge in [0.2, 0.25) is 0 Å². The molecule has 2 rings (SSSR count). The van der Waals surface area contributed by atoms with Gasteiger partial charge in [0.25, 0.3) is 0 Å². The van der Waals surface area contributed by atoms with Crippen LogP contribution in [0.2, 0.25) is 0 Å². The van der Waals surface area contributed by atoms with Crippen molar-refractivity contribution in [3.63, 3.8) is 0 Å². The van der Waals surface area contributed by atoms with Crippen LogP contribution in [0.4, 0.5) is 0 Å². The lowest BCUT2D eigenvalue weighted by Crippen LogP contribution is -2.23. The molecule has 0 spiro atoms. The molecule has 1 heterocycles. The van der Waals surface area contributed by atoms with Gasteiger partial charge in [-0.1, -0.05) is 29.8 Å². The molecular formula is C15H19NO. The molecule has 1 atom stereocenters. The number of aryl methyl sites for hydroxylation is 2. The van der Waals surface area contributed by atoms with E-state index in [0.717, 1.165) is 25.0 Å². The number of benzene rings is 1. The molecule has 1 aromatic heterocycles. The van der Waals surface area contributed by atoms with Gasteiger partial charge in [-0.05, 0) is 37.5 Å². The minimum atomic E-state index is 0.197. The lowest BCUT2D eigenvalue weighted by atomic mass is 10.0. The van der Waals surface area contributed by atoms with Crippen molar-refractivity contribution in [2.75, 3.05) is 0 Å². The monoisotopic (exact) mass is 229 g/mol. The van der Waals surface area contributed by atoms with Gasteiger partial charge in [0, 0.05) is 12.5 Å². The summed E-state index contributed by atoms with van der Waals surface area (Å²) in [5.74, 6) is 1.02. The van der Waals surface area contributed by atoms with Gasteiger partial charge in [-0.3, -0.25) is 0 Å². The highest BCUT2D eigenvalue weighted by molar-refractivity contribution is 5.22. The zero-order valence-corrected chi connectivity index (χ0v) is 10.2. The van der Waals surface area contributed by atoms with Crippen molar-refractivity contribution < 1.29 is 4.42 Å². The first-order valence-electron chi connectivity index (χ1n) is 6.07. The van der Waals surface area contributed by atoms with Crippen LogP contribution in [-0.4, -0.2) is 6.04 Å². The van der Waals surface area contributed by atoms with Crippen molar-refractivity contribution in [1.82, 2.24) is 0 Å². The van der Waals surface area contributed by atoms with Crippen LogP contribution >= 0.6 is 0 Å². The van der Waals surface area contributed by atoms with Crippen molar-refractivity contribution in [3.05, 3.63) is 59.5 Å². The van der Waals surface area contributed by atoms with E-state index in [4.69, 9.17) is 10.2 Å². The van der Waals surface area contributed by atoms with Gasteiger partial charge in [-0.2, -0.15) is 0 Å². The average molecular weight is 229 g/mol. The average Bonchev–Trinajstić information content (AvgIpc) is 2.83. The van der Waals surface area contributed by atoms with Gasteiger partial charge < -0.3 is 10.2 Å². The maximum atomic E-state index is 6.12. The summed E-state index contributed by atoms with van der Waals surface area (Å²) in [6, 6.07) is 12.7. The highest BCUT2D eigenvalue weighted by atomic mass is 16.3. The molecule has 0 saturated heterocycles. The van der Waals surface area contributed by atoms with Crippen molar-refractivity contribution >= 4 is 0 Å². The predicted octanol–water partition coefficient (Wildman–Crippen LogP) is 3.09. The van der Waals surface area contributed by atoms with Gasteiger partial charge in [0.15, 0.2) is 0 Å². The van der Waals surface area contributed by atoms with E-state index >= 15 is 0 Å². The summed E-state index contributed by atoms with van der Waals surface area (Å²) < 4.78 is 5.29. The summed E-state index contributed by atoms with van der Waals surface area (Å²) in [4.78, 5) is 0. The number of hydrogen-bond acceptors (Lipinski definition) is 2. The van der Waals surface area contributed by atoms with Crippen molar-refractivity contribution in [3.8, 4) is 0 Å². The maximum Gasteiger partial charge on any atom is 0.103 e. The third-order valence-electron chi connectivity index (χ3n) is 2.96. The Balaban J connectivity index is 1.80. The predicted molar refractivity (Wildman–Crippen MR) is 69.9 cm³/mol. The van der Waals surface area contributed by atoms with Crippen molar-refractivity contribution in [1.29, 1.82) is 0 Å². The van der Waals surface area contributed by atoms with Crippen LogP contribution in [0, 0.1) is 6.92 Å². The largest absolute Gasteiger partial charge is 0.469 e. The Hall–Kier alpha value is -1.54. The molecule has 0 aliphatic carbocycles. The summed E-state index contributed by atoms with van der Waals surface area (Å²) in [6.45, 7) is 2.10. The quantitative estimate of drug-likeness (QED) is 0.855. The summed E-state index contributed by atoms with van der Waals surface area (Å²) >= 11 is 0. The zero-order valence-electron chi connectivity index (χ0n) is 10.2. The van der Waals surface area contributed by atoms with E-state index in [-0.39, 0.29) is 6.04 Å². The third kappa shape index (κ3) is 3.75. The SMILES string of the molecule is Cc1ccc(CC(N)CCc2ccco2)cc1. The van der Waals surface area contributed by atoms with Gasteiger partial charge in [0.05, 0.1) is 6.26 Å². The molecule has 90 valence electrons. The maximum absolute atomic E-state index is 6.12. The number of hydrogen-bond donors (Lipinski definition) is 1. The van der Waals surface area contributed by atoms with E-state index < -0.39 is 0 Å². The number of furan rings is 1. The fourth-order valence-corrected chi connectivity index (χ4v) is 1.91. The Bertz CT molecular complexity index is 430. The molecule has 0 fully saturated rings. The molecule has 0 aliphatic heterocycles. The zero-order chi connectivity index (χ0) is 12.1. The Kier molecular flexibility index (Phi) is 3.99. The Labute approximate surface area is 102 Å². The standard InChI is InChI=1S/C15H19NO/c1-12-4-6-13(7-5-12)11-14(16)8-9-15-3-2-10-17-15/h2-7,10,14H,8-9,11,16H2,1H3. The van der Waals surface area contributed by atoms with Gasteiger partial charge in [-0.25, -0.2) is 0 Å². The third-order valence-corrected chi connectivity index (χ3v) is 2.96. The Morgan fingerprint density at radius 2 is 1.94 bits per heavy atom. The first-order chi connectivity index (χ1) is 8.24. The van der Waals surface area contributed by atoms with Gasteiger partial charge in [0.1, 0.15) is 5.76 Å². The summed E-state index contributed by atoms with van der Waals surface area (Å²) in [6.07, 6.45) is 4.52. The molecule has 2 nitrogen and oxygen atoms in total. The molecule has 0 bridgehead atoms. The van der Waals surface area contributed by atoms with Crippen LogP contribution in [-0.2, 0) is 12.8 Å². The molecule has 2 N–H and O–H groups in total. The topological polar surface area (TPSA) is 39.2 Å². The minimum Gasteiger partial charge on any atom is -0.469 e. The van der Waals surface area contributed by atoms with Gasteiger partial charge >= 0.3 is 0 Å². The summed E-state index contributed by atoms with van der Waals surface area (Å²) in [5, 5.41) is 0. The lowest BCUT2D eigenvalue weighted by molar-refractivity contribution is 0.484. The molecule has 0 aliphatic rings. The molecule has 0 amide bonds. The molecular weight excluding hydrogens is 210 g/mol. The second-order valence-corrected chi connectivity index (χ2v) is 4.57. The lowest BCUT2D eigenvalue weighted by Gasteiger charge is -2.10. The molecule has 0 saturated carbocycles. The van der Waals surface area contributed by atoms with E-state index in [2.05, 4.69) is 31.2 Å². The minimum absolute atomic E-state index is 0.197. The van der Waals surface area contributed by atoms with Crippen LogP contribution in [0.15, 0.2) is 47.1 Å². The van der Waals surface area contributed by atoms with Crippen LogP contribution in [0.1, 0.15) is 23.3 Å². The second kappa shape index (κ2) is 5.69. The fraction of sp³-hybridized carbons (Fsp3) is 0.333. The first-order valence-corrected chi connectivity index (χ1v) is 6.07. The Morgan fingerprint density at radius 1 is 1.18 bits per heavy atom. The van der Waals surface area contributed by atoms with Crippen LogP contribution in [0.5, 0.6) is 0 Å².